The van der Waals surface area contributed by atoms with Crippen molar-refractivity contribution < 1.29 is 9.21 Å². The summed E-state index contributed by atoms with van der Waals surface area (Å²) in [5, 5.41) is 0. The molecule has 0 atom stereocenters. The van der Waals surface area contributed by atoms with Gasteiger partial charge in [0.1, 0.15) is 0 Å². The molecule has 1 heterocycles. The van der Waals surface area contributed by atoms with Crippen LogP contribution < -0.4 is 0 Å². The van der Waals surface area contributed by atoms with Gasteiger partial charge < -0.3 is 9.32 Å². The zero-order valence-corrected chi connectivity index (χ0v) is 11.2. The van der Waals surface area contributed by atoms with Crippen LogP contribution in [0.5, 0.6) is 0 Å². The molecule has 16 heavy (non-hydrogen) atoms. The van der Waals surface area contributed by atoms with Crippen molar-refractivity contribution in [2.45, 2.75) is 32.7 Å². The normalized spacial score (nSPS) is 15.5. The third kappa shape index (κ3) is 2.48. The molecule has 0 aromatic carbocycles. The number of carbonyl (C=O) groups excluding carboxylic acids is 1. The van der Waals surface area contributed by atoms with Gasteiger partial charge in [0, 0.05) is 12.6 Å². The lowest BCUT2D eigenvalue weighted by molar-refractivity contribution is 0.0720. The lowest BCUT2D eigenvalue weighted by Gasteiger charge is -2.24. The predicted octanol–water partition coefficient (Wildman–Crippen LogP) is 3.30. The number of furan rings is 1. The molecule has 1 aliphatic rings. The summed E-state index contributed by atoms with van der Waals surface area (Å²) in [5.41, 5.74) is 0.632. The molecule has 2 rings (SSSR count). The second kappa shape index (κ2) is 4.62. The molecule has 1 aliphatic carbocycles. The summed E-state index contributed by atoms with van der Waals surface area (Å²) in [6.45, 7) is 5.08. The molecule has 3 nitrogen and oxygen atoms in total. The Morgan fingerprint density at radius 1 is 1.62 bits per heavy atom. The summed E-state index contributed by atoms with van der Waals surface area (Å²) < 4.78 is 5.64. The first kappa shape index (κ1) is 11.7. The van der Waals surface area contributed by atoms with E-state index in [1.165, 1.54) is 6.26 Å². The molecule has 0 radical (unpaired) electrons. The van der Waals surface area contributed by atoms with Gasteiger partial charge in [-0.05, 0) is 40.8 Å². The van der Waals surface area contributed by atoms with Gasteiger partial charge in [0.25, 0.3) is 5.91 Å². The molecule has 1 aromatic rings. The zero-order valence-electron chi connectivity index (χ0n) is 9.57. The highest BCUT2D eigenvalue weighted by molar-refractivity contribution is 9.10. The van der Waals surface area contributed by atoms with Gasteiger partial charge in [-0.3, -0.25) is 4.79 Å². The van der Waals surface area contributed by atoms with Gasteiger partial charge in [-0.25, -0.2) is 0 Å². The summed E-state index contributed by atoms with van der Waals surface area (Å²) in [6, 6.07) is 2.17. The third-order valence-electron chi connectivity index (χ3n) is 2.66. The van der Waals surface area contributed by atoms with E-state index in [1.54, 1.807) is 6.07 Å². The Morgan fingerprint density at radius 3 is 2.75 bits per heavy atom. The van der Waals surface area contributed by atoms with Crippen molar-refractivity contribution in [3.05, 3.63) is 22.6 Å². The van der Waals surface area contributed by atoms with Gasteiger partial charge in [-0.2, -0.15) is 0 Å². The Kier molecular flexibility index (Phi) is 3.38. The Balaban J connectivity index is 2.14. The third-order valence-corrected chi connectivity index (χ3v) is 3.27. The fourth-order valence-electron chi connectivity index (χ4n) is 1.78. The van der Waals surface area contributed by atoms with Crippen LogP contribution in [-0.4, -0.2) is 23.4 Å². The number of amides is 1. The van der Waals surface area contributed by atoms with E-state index in [-0.39, 0.29) is 5.91 Å². The molecule has 0 N–H and O–H groups in total. The molecular weight excluding hydrogens is 270 g/mol. The van der Waals surface area contributed by atoms with Crippen LogP contribution in [0.1, 0.15) is 37.0 Å². The number of hydrogen-bond donors (Lipinski definition) is 0. The molecule has 88 valence electrons. The molecule has 1 aromatic heterocycles. The SMILES string of the molecule is CC(C)CN(C(=O)c1ccoc1Br)C1CC1. The minimum Gasteiger partial charge on any atom is -0.457 e. The van der Waals surface area contributed by atoms with Gasteiger partial charge in [-0.1, -0.05) is 13.8 Å². The maximum Gasteiger partial charge on any atom is 0.258 e. The van der Waals surface area contributed by atoms with Crippen molar-refractivity contribution in [1.82, 2.24) is 4.90 Å². The summed E-state index contributed by atoms with van der Waals surface area (Å²) in [6.07, 6.45) is 3.81. The van der Waals surface area contributed by atoms with Crippen LogP contribution in [0.15, 0.2) is 21.4 Å². The second-order valence-corrected chi connectivity index (χ2v) is 5.41. The van der Waals surface area contributed by atoms with E-state index in [1.807, 2.05) is 4.90 Å². The average Bonchev–Trinajstić information content (AvgIpc) is 2.97. The van der Waals surface area contributed by atoms with E-state index in [2.05, 4.69) is 29.8 Å². The maximum atomic E-state index is 12.3. The lowest BCUT2D eigenvalue weighted by Crippen LogP contribution is -2.36. The van der Waals surface area contributed by atoms with Crippen molar-refractivity contribution in [3.63, 3.8) is 0 Å². The zero-order chi connectivity index (χ0) is 11.7. The molecule has 0 bridgehead atoms. The minimum absolute atomic E-state index is 0.0804. The monoisotopic (exact) mass is 285 g/mol. The number of rotatable bonds is 4. The number of nitrogens with zero attached hydrogens (tertiary/aromatic N) is 1. The first-order valence-electron chi connectivity index (χ1n) is 5.63. The Hall–Kier alpha value is -0.770. The molecule has 1 fully saturated rings. The van der Waals surface area contributed by atoms with Crippen LogP contribution in [0.4, 0.5) is 0 Å². The maximum absolute atomic E-state index is 12.3. The molecule has 1 saturated carbocycles. The van der Waals surface area contributed by atoms with E-state index in [0.717, 1.165) is 19.4 Å². The largest absolute Gasteiger partial charge is 0.457 e. The first-order chi connectivity index (χ1) is 7.59. The highest BCUT2D eigenvalue weighted by Gasteiger charge is 2.34. The second-order valence-electron chi connectivity index (χ2n) is 4.69. The summed E-state index contributed by atoms with van der Waals surface area (Å²) in [7, 11) is 0. The molecular formula is C12H16BrNO2. The molecule has 0 aliphatic heterocycles. The fraction of sp³-hybridized carbons (Fsp3) is 0.583. The van der Waals surface area contributed by atoms with Gasteiger partial charge in [0.2, 0.25) is 0 Å². The fourth-order valence-corrected chi connectivity index (χ4v) is 2.19. The predicted molar refractivity (Wildman–Crippen MR) is 65.3 cm³/mol. The quantitative estimate of drug-likeness (QED) is 0.851. The van der Waals surface area contributed by atoms with Crippen LogP contribution in [0.25, 0.3) is 0 Å². The van der Waals surface area contributed by atoms with Crippen molar-refractivity contribution in [3.8, 4) is 0 Å². The standard InChI is InChI=1S/C12H16BrNO2/c1-8(2)7-14(9-3-4-9)12(15)10-5-6-16-11(10)13/h5-6,8-9H,3-4,7H2,1-2H3. The summed E-state index contributed by atoms with van der Waals surface area (Å²) >= 11 is 3.26. The summed E-state index contributed by atoms with van der Waals surface area (Å²) in [5.74, 6) is 0.576. The van der Waals surface area contributed by atoms with E-state index in [4.69, 9.17) is 4.42 Å². The van der Waals surface area contributed by atoms with E-state index in [0.29, 0.717) is 22.2 Å². The van der Waals surface area contributed by atoms with Crippen molar-refractivity contribution >= 4 is 21.8 Å². The van der Waals surface area contributed by atoms with Crippen LogP contribution in [0, 0.1) is 5.92 Å². The van der Waals surface area contributed by atoms with Gasteiger partial charge in [0.05, 0.1) is 11.8 Å². The highest BCUT2D eigenvalue weighted by Crippen LogP contribution is 2.30. The topological polar surface area (TPSA) is 33.5 Å². The average molecular weight is 286 g/mol. The smallest absolute Gasteiger partial charge is 0.258 e. The highest BCUT2D eigenvalue weighted by atomic mass is 79.9. The Bertz CT molecular complexity index is 382. The van der Waals surface area contributed by atoms with Crippen molar-refractivity contribution in [2.75, 3.05) is 6.54 Å². The van der Waals surface area contributed by atoms with E-state index in [9.17, 15) is 4.79 Å². The van der Waals surface area contributed by atoms with Gasteiger partial charge >= 0.3 is 0 Å². The Labute approximate surface area is 104 Å². The number of halogens is 1. The van der Waals surface area contributed by atoms with Crippen LogP contribution >= 0.6 is 15.9 Å². The number of hydrogen-bond acceptors (Lipinski definition) is 2. The van der Waals surface area contributed by atoms with Gasteiger partial charge in [0.15, 0.2) is 4.67 Å². The number of carbonyl (C=O) groups is 1. The minimum atomic E-state index is 0.0804. The van der Waals surface area contributed by atoms with Crippen LogP contribution in [-0.2, 0) is 0 Å². The summed E-state index contributed by atoms with van der Waals surface area (Å²) in [4.78, 5) is 14.3. The van der Waals surface area contributed by atoms with Crippen LogP contribution in [0.3, 0.4) is 0 Å². The van der Waals surface area contributed by atoms with E-state index >= 15 is 0 Å². The Morgan fingerprint density at radius 2 is 2.31 bits per heavy atom. The molecule has 0 saturated heterocycles. The molecule has 1 amide bonds. The van der Waals surface area contributed by atoms with Crippen molar-refractivity contribution in [1.29, 1.82) is 0 Å². The van der Waals surface area contributed by atoms with E-state index < -0.39 is 0 Å². The first-order valence-corrected chi connectivity index (χ1v) is 6.43. The molecule has 4 heteroatoms. The lowest BCUT2D eigenvalue weighted by atomic mass is 10.2. The molecule has 0 spiro atoms. The van der Waals surface area contributed by atoms with Gasteiger partial charge in [-0.15, -0.1) is 0 Å². The molecule has 0 unspecified atom stereocenters. The van der Waals surface area contributed by atoms with Crippen molar-refractivity contribution in [2.24, 2.45) is 5.92 Å². The van der Waals surface area contributed by atoms with Crippen LogP contribution in [0.2, 0.25) is 0 Å².